The van der Waals surface area contributed by atoms with Gasteiger partial charge in [-0.25, -0.2) is 9.18 Å². The number of rotatable bonds is 8. The normalized spacial score (nSPS) is 11.2. The van der Waals surface area contributed by atoms with Crippen molar-refractivity contribution in [2.24, 2.45) is 0 Å². The Morgan fingerprint density at radius 1 is 1.00 bits per heavy atom. The summed E-state index contributed by atoms with van der Waals surface area (Å²) in [6.07, 6.45) is 0.157. The molecular formula is C18H22FN2O4P. The molecule has 2 aromatic carbocycles. The standard InChI is InChI=1S/C18H22FN2O4P/c1-3-24-26(23,25-4-2)13-14-8-10-16(11-9-14)20-18(22)21-17-7-5-6-15(19)12-17/h5-12H,3-4,13H2,1-2H3,(H2,20,21,22). The predicted molar refractivity (Wildman–Crippen MR) is 100 cm³/mol. The molecule has 0 saturated heterocycles. The fourth-order valence-electron chi connectivity index (χ4n) is 2.30. The van der Waals surface area contributed by atoms with Crippen LogP contribution in [0.3, 0.4) is 0 Å². The average Bonchev–Trinajstić information content (AvgIpc) is 2.57. The van der Waals surface area contributed by atoms with E-state index in [0.717, 1.165) is 5.56 Å². The van der Waals surface area contributed by atoms with Crippen molar-refractivity contribution < 1.29 is 22.8 Å². The van der Waals surface area contributed by atoms with Crippen LogP contribution in [0.15, 0.2) is 48.5 Å². The summed E-state index contributed by atoms with van der Waals surface area (Å²) in [5.41, 5.74) is 1.67. The third kappa shape index (κ3) is 6.26. The molecule has 0 heterocycles. The van der Waals surface area contributed by atoms with Crippen LogP contribution in [0.5, 0.6) is 0 Å². The molecule has 0 saturated carbocycles. The van der Waals surface area contributed by atoms with E-state index in [-0.39, 0.29) is 6.16 Å². The maximum Gasteiger partial charge on any atom is 0.335 e. The fraction of sp³-hybridized carbons (Fsp3) is 0.278. The molecular weight excluding hydrogens is 358 g/mol. The number of hydrogen-bond acceptors (Lipinski definition) is 4. The van der Waals surface area contributed by atoms with Gasteiger partial charge < -0.3 is 19.7 Å². The molecule has 0 atom stereocenters. The van der Waals surface area contributed by atoms with E-state index in [1.807, 2.05) is 0 Å². The minimum Gasteiger partial charge on any atom is -0.309 e. The van der Waals surface area contributed by atoms with Gasteiger partial charge in [-0.1, -0.05) is 18.2 Å². The summed E-state index contributed by atoms with van der Waals surface area (Å²) < 4.78 is 36.2. The summed E-state index contributed by atoms with van der Waals surface area (Å²) in [5, 5.41) is 5.19. The van der Waals surface area contributed by atoms with Crippen LogP contribution in [-0.2, 0) is 19.8 Å². The lowest BCUT2D eigenvalue weighted by Crippen LogP contribution is -2.19. The molecule has 0 aromatic heterocycles. The molecule has 26 heavy (non-hydrogen) atoms. The van der Waals surface area contributed by atoms with E-state index in [1.165, 1.54) is 18.2 Å². The lowest BCUT2D eigenvalue weighted by molar-refractivity contribution is 0.219. The molecule has 0 bridgehead atoms. The second kappa shape index (κ2) is 9.48. The Hall–Kier alpha value is -2.21. The van der Waals surface area contributed by atoms with Gasteiger partial charge >= 0.3 is 13.6 Å². The Morgan fingerprint density at radius 2 is 1.62 bits per heavy atom. The van der Waals surface area contributed by atoms with Crippen molar-refractivity contribution in [2.45, 2.75) is 20.0 Å². The highest BCUT2D eigenvalue weighted by molar-refractivity contribution is 7.53. The molecule has 0 aliphatic carbocycles. The second-order valence-electron chi connectivity index (χ2n) is 5.39. The molecule has 2 rings (SSSR count). The molecule has 6 nitrogen and oxygen atoms in total. The number of anilines is 2. The van der Waals surface area contributed by atoms with Gasteiger partial charge in [0.15, 0.2) is 0 Å². The molecule has 0 radical (unpaired) electrons. The molecule has 0 spiro atoms. The largest absolute Gasteiger partial charge is 0.335 e. The number of carbonyl (C=O) groups is 1. The zero-order chi connectivity index (χ0) is 19.0. The van der Waals surface area contributed by atoms with Gasteiger partial charge in [-0.2, -0.15) is 0 Å². The molecule has 140 valence electrons. The molecule has 2 aromatic rings. The van der Waals surface area contributed by atoms with Gasteiger partial charge in [-0.3, -0.25) is 4.57 Å². The van der Waals surface area contributed by atoms with Gasteiger partial charge in [-0.05, 0) is 49.7 Å². The highest BCUT2D eigenvalue weighted by Gasteiger charge is 2.23. The topological polar surface area (TPSA) is 76.7 Å². The Balaban J connectivity index is 1.96. The average molecular weight is 380 g/mol. The summed E-state index contributed by atoms with van der Waals surface area (Å²) in [6, 6.07) is 12.0. The predicted octanol–water partition coefficient (Wildman–Crippen LogP) is 5.24. The quantitative estimate of drug-likeness (QED) is 0.615. The lowest BCUT2D eigenvalue weighted by Gasteiger charge is -2.17. The molecule has 2 amide bonds. The van der Waals surface area contributed by atoms with Gasteiger partial charge in [0.2, 0.25) is 0 Å². The van der Waals surface area contributed by atoms with E-state index in [0.29, 0.717) is 24.6 Å². The zero-order valence-electron chi connectivity index (χ0n) is 14.7. The minimum absolute atomic E-state index is 0.157. The molecule has 8 heteroatoms. The molecule has 2 N–H and O–H groups in total. The minimum atomic E-state index is -3.17. The van der Waals surface area contributed by atoms with Crippen LogP contribution in [-0.4, -0.2) is 19.2 Å². The Kier molecular flexibility index (Phi) is 7.33. The first kappa shape index (κ1) is 20.1. The molecule has 0 aliphatic rings. The van der Waals surface area contributed by atoms with Crippen molar-refractivity contribution >= 4 is 25.0 Å². The third-order valence-electron chi connectivity index (χ3n) is 3.32. The van der Waals surface area contributed by atoms with Crippen molar-refractivity contribution in [3.8, 4) is 0 Å². The fourth-order valence-corrected chi connectivity index (χ4v) is 4.00. The van der Waals surface area contributed by atoms with Crippen LogP contribution >= 0.6 is 7.60 Å². The number of benzene rings is 2. The number of carbonyl (C=O) groups excluding carboxylic acids is 1. The van der Waals surface area contributed by atoms with Crippen molar-refractivity contribution in [3.63, 3.8) is 0 Å². The van der Waals surface area contributed by atoms with Crippen molar-refractivity contribution in [1.29, 1.82) is 0 Å². The van der Waals surface area contributed by atoms with Gasteiger partial charge in [-0.15, -0.1) is 0 Å². The second-order valence-corrected chi connectivity index (χ2v) is 7.45. The number of nitrogens with one attached hydrogen (secondary N) is 2. The van der Waals surface area contributed by atoms with E-state index in [1.54, 1.807) is 44.2 Å². The summed E-state index contributed by atoms with van der Waals surface area (Å²) in [7, 11) is -3.17. The van der Waals surface area contributed by atoms with Gasteiger partial charge in [0, 0.05) is 11.4 Å². The van der Waals surface area contributed by atoms with E-state index in [9.17, 15) is 13.8 Å². The highest BCUT2D eigenvalue weighted by Crippen LogP contribution is 2.51. The molecule has 0 fully saturated rings. The molecule has 0 aliphatic heterocycles. The molecule has 0 unspecified atom stereocenters. The lowest BCUT2D eigenvalue weighted by atomic mass is 10.2. The van der Waals surface area contributed by atoms with Crippen LogP contribution < -0.4 is 10.6 Å². The number of halogens is 1. The van der Waals surface area contributed by atoms with Crippen molar-refractivity contribution in [2.75, 3.05) is 23.8 Å². The Morgan fingerprint density at radius 3 is 2.19 bits per heavy atom. The Bertz CT molecular complexity index is 773. The van der Waals surface area contributed by atoms with Gasteiger partial charge in [0.05, 0.1) is 19.4 Å². The van der Waals surface area contributed by atoms with Crippen LogP contribution in [0.4, 0.5) is 20.6 Å². The van der Waals surface area contributed by atoms with Crippen molar-refractivity contribution in [1.82, 2.24) is 0 Å². The SMILES string of the molecule is CCOP(=O)(Cc1ccc(NC(=O)Nc2cccc(F)c2)cc1)OCC. The Labute approximate surface area is 152 Å². The summed E-state index contributed by atoms with van der Waals surface area (Å²) in [6.45, 7) is 4.13. The number of hydrogen-bond donors (Lipinski definition) is 2. The summed E-state index contributed by atoms with van der Waals surface area (Å²) in [4.78, 5) is 11.9. The zero-order valence-corrected chi connectivity index (χ0v) is 15.6. The first-order chi connectivity index (χ1) is 12.4. The van der Waals surface area contributed by atoms with E-state index in [2.05, 4.69) is 10.6 Å². The maximum absolute atomic E-state index is 13.1. The highest BCUT2D eigenvalue weighted by atomic mass is 31.2. The third-order valence-corrected chi connectivity index (χ3v) is 5.38. The number of amides is 2. The van der Waals surface area contributed by atoms with E-state index >= 15 is 0 Å². The van der Waals surface area contributed by atoms with Gasteiger partial charge in [0.25, 0.3) is 0 Å². The van der Waals surface area contributed by atoms with Crippen LogP contribution in [0.2, 0.25) is 0 Å². The number of urea groups is 1. The maximum atomic E-state index is 13.1. The van der Waals surface area contributed by atoms with Gasteiger partial charge in [0.1, 0.15) is 5.82 Å². The van der Waals surface area contributed by atoms with Crippen LogP contribution in [0.25, 0.3) is 0 Å². The smallest absolute Gasteiger partial charge is 0.309 e. The van der Waals surface area contributed by atoms with E-state index < -0.39 is 19.4 Å². The first-order valence-corrected chi connectivity index (χ1v) is 9.97. The van der Waals surface area contributed by atoms with Crippen LogP contribution in [0.1, 0.15) is 19.4 Å². The monoisotopic (exact) mass is 380 g/mol. The van der Waals surface area contributed by atoms with Crippen molar-refractivity contribution in [3.05, 3.63) is 59.9 Å². The van der Waals surface area contributed by atoms with E-state index in [4.69, 9.17) is 9.05 Å². The van der Waals surface area contributed by atoms with Crippen LogP contribution in [0, 0.1) is 5.82 Å². The first-order valence-electron chi connectivity index (χ1n) is 8.24. The summed E-state index contributed by atoms with van der Waals surface area (Å²) >= 11 is 0. The summed E-state index contributed by atoms with van der Waals surface area (Å²) in [5.74, 6) is -0.430.